The fraction of sp³-hybridized carbons (Fsp3) is 0.500. The summed E-state index contributed by atoms with van der Waals surface area (Å²) in [7, 11) is 0. The number of hydrogen-bond donors (Lipinski definition) is 0. The third-order valence-electron chi connectivity index (χ3n) is 3.98. The van der Waals surface area contributed by atoms with Gasteiger partial charge in [-0.15, -0.1) is 0 Å². The molecule has 0 N–H and O–H groups in total. The van der Waals surface area contributed by atoms with Crippen molar-refractivity contribution >= 4 is 23.1 Å². The minimum absolute atomic E-state index is 0.243. The quantitative estimate of drug-likeness (QED) is 0.775. The summed E-state index contributed by atoms with van der Waals surface area (Å²) in [5.41, 5.74) is 0.875. The Morgan fingerprint density at radius 1 is 1.22 bits per heavy atom. The second-order valence-corrected chi connectivity index (χ2v) is 5.60. The molecule has 0 spiro atoms. The van der Waals surface area contributed by atoms with Gasteiger partial charge in [0.15, 0.2) is 0 Å². The number of carbonyl (C=O) groups excluding carboxylic acids is 1. The van der Waals surface area contributed by atoms with Crippen LogP contribution in [-0.2, 0) is 4.79 Å². The molecule has 1 aromatic rings. The van der Waals surface area contributed by atoms with Crippen molar-refractivity contribution < 1.29 is 9.18 Å². The van der Waals surface area contributed by atoms with Crippen LogP contribution in [0.15, 0.2) is 18.2 Å². The first-order valence-electron chi connectivity index (χ1n) is 6.40. The van der Waals surface area contributed by atoms with Gasteiger partial charge in [-0.25, -0.2) is 4.39 Å². The van der Waals surface area contributed by atoms with Crippen molar-refractivity contribution in [3.8, 4) is 0 Å². The largest absolute Gasteiger partial charge is 0.363 e. The molecule has 3 rings (SSSR count). The minimum atomic E-state index is -0.318. The van der Waals surface area contributed by atoms with Crippen LogP contribution in [-0.4, -0.2) is 17.9 Å². The van der Waals surface area contributed by atoms with E-state index in [1.807, 2.05) is 0 Å². The Morgan fingerprint density at radius 2 is 1.89 bits per heavy atom. The highest BCUT2D eigenvalue weighted by atomic mass is 35.5. The summed E-state index contributed by atoms with van der Waals surface area (Å²) in [6, 6.07) is 5.01. The van der Waals surface area contributed by atoms with Gasteiger partial charge in [0.25, 0.3) is 0 Å². The highest BCUT2D eigenvalue weighted by molar-refractivity contribution is 6.33. The van der Waals surface area contributed by atoms with Crippen molar-refractivity contribution in [3.05, 3.63) is 29.0 Å². The van der Waals surface area contributed by atoms with Crippen LogP contribution >= 0.6 is 11.6 Å². The van der Waals surface area contributed by atoms with Gasteiger partial charge < -0.3 is 4.90 Å². The van der Waals surface area contributed by atoms with Crippen LogP contribution in [0.25, 0.3) is 0 Å². The fourth-order valence-corrected chi connectivity index (χ4v) is 3.52. The maximum Gasteiger partial charge on any atom is 0.137 e. The molecule has 0 radical (unpaired) electrons. The van der Waals surface area contributed by atoms with Gasteiger partial charge in [0.1, 0.15) is 11.6 Å². The maximum atomic E-state index is 13.1. The van der Waals surface area contributed by atoms with E-state index in [2.05, 4.69) is 4.90 Å². The molecule has 0 aliphatic carbocycles. The third kappa shape index (κ3) is 2.01. The average Bonchev–Trinajstić information content (AvgIpc) is 2.28. The zero-order chi connectivity index (χ0) is 12.7. The molecule has 2 bridgehead atoms. The van der Waals surface area contributed by atoms with E-state index in [0.717, 1.165) is 24.9 Å². The van der Waals surface area contributed by atoms with E-state index < -0.39 is 0 Å². The highest BCUT2D eigenvalue weighted by Crippen LogP contribution is 2.39. The van der Waals surface area contributed by atoms with Crippen LogP contribution in [0.2, 0.25) is 5.02 Å². The molecule has 2 saturated heterocycles. The molecule has 4 heteroatoms. The van der Waals surface area contributed by atoms with Gasteiger partial charge in [-0.3, -0.25) is 4.79 Å². The Bertz CT molecular complexity index is 475. The third-order valence-corrected chi connectivity index (χ3v) is 4.28. The first kappa shape index (κ1) is 12.0. The Labute approximate surface area is 111 Å². The number of hydrogen-bond acceptors (Lipinski definition) is 2. The predicted octanol–water partition coefficient (Wildman–Crippen LogP) is 3.57. The van der Waals surface area contributed by atoms with Crippen LogP contribution in [0, 0.1) is 5.82 Å². The number of nitrogens with zero attached hydrogens (tertiary/aromatic N) is 1. The lowest BCUT2D eigenvalue weighted by Gasteiger charge is -2.47. The summed E-state index contributed by atoms with van der Waals surface area (Å²) in [6.45, 7) is 0. The normalized spacial score (nSPS) is 27.4. The standard InChI is InChI=1S/C14H15ClFNO/c15-13-6-9(16)4-5-14(13)17-10-2-1-3-11(17)8-12(18)7-10/h4-6,10-11H,1-3,7-8H2. The van der Waals surface area contributed by atoms with Gasteiger partial charge in [-0.05, 0) is 37.5 Å². The van der Waals surface area contributed by atoms with Crippen molar-refractivity contribution in [1.29, 1.82) is 0 Å². The van der Waals surface area contributed by atoms with E-state index in [1.165, 1.54) is 12.1 Å². The van der Waals surface area contributed by atoms with E-state index in [9.17, 15) is 9.18 Å². The number of anilines is 1. The number of carbonyl (C=O) groups is 1. The van der Waals surface area contributed by atoms with E-state index in [-0.39, 0.29) is 17.9 Å². The van der Waals surface area contributed by atoms with Gasteiger partial charge in [0.2, 0.25) is 0 Å². The lowest BCUT2D eigenvalue weighted by atomic mass is 9.83. The predicted molar refractivity (Wildman–Crippen MR) is 69.6 cm³/mol. The van der Waals surface area contributed by atoms with Gasteiger partial charge >= 0.3 is 0 Å². The van der Waals surface area contributed by atoms with E-state index in [0.29, 0.717) is 23.6 Å². The SMILES string of the molecule is O=C1CC2CCCC(C1)N2c1ccc(F)cc1Cl. The molecule has 0 saturated carbocycles. The highest BCUT2D eigenvalue weighted by Gasteiger charge is 2.38. The van der Waals surface area contributed by atoms with Crippen LogP contribution < -0.4 is 4.90 Å². The molecule has 2 aliphatic rings. The van der Waals surface area contributed by atoms with Crippen molar-refractivity contribution in [3.63, 3.8) is 0 Å². The second kappa shape index (κ2) is 4.54. The van der Waals surface area contributed by atoms with Crippen LogP contribution in [0.4, 0.5) is 10.1 Å². The molecule has 96 valence electrons. The van der Waals surface area contributed by atoms with Gasteiger partial charge in [-0.2, -0.15) is 0 Å². The lowest BCUT2D eigenvalue weighted by Crippen LogP contribution is -2.52. The number of piperidine rings is 2. The summed E-state index contributed by atoms with van der Waals surface area (Å²) < 4.78 is 13.1. The van der Waals surface area contributed by atoms with E-state index >= 15 is 0 Å². The number of fused-ring (bicyclic) bond motifs is 2. The molecule has 2 heterocycles. The molecule has 2 unspecified atom stereocenters. The lowest BCUT2D eigenvalue weighted by molar-refractivity contribution is -0.121. The maximum absolute atomic E-state index is 13.1. The summed E-state index contributed by atoms with van der Waals surface area (Å²) in [5, 5.41) is 0.446. The van der Waals surface area contributed by atoms with E-state index in [4.69, 9.17) is 11.6 Å². The first-order chi connectivity index (χ1) is 8.65. The molecule has 2 fully saturated rings. The first-order valence-corrected chi connectivity index (χ1v) is 6.78. The number of benzene rings is 1. The van der Waals surface area contributed by atoms with Crippen molar-refractivity contribution in [2.45, 2.75) is 44.2 Å². The monoisotopic (exact) mass is 267 g/mol. The summed E-state index contributed by atoms with van der Waals surface area (Å²) in [5.74, 6) is 0.0289. The molecule has 18 heavy (non-hydrogen) atoms. The second-order valence-electron chi connectivity index (χ2n) is 5.19. The van der Waals surface area contributed by atoms with E-state index in [1.54, 1.807) is 6.07 Å². The smallest absolute Gasteiger partial charge is 0.137 e. The zero-order valence-corrected chi connectivity index (χ0v) is 10.8. The van der Waals surface area contributed by atoms with Gasteiger partial charge in [-0.1, -0.05) is 11.6 Å². The average molecular weight is 268 g/mol. The van der Waals surface area contributed by atoms with Crippen LogP contribution in [0.1, 0.15) is 32.1 Å². The summed E-state index contributed by atoms with van der Waals surface area (Å²) in [4.78, 5) is 13.9. The zero-order valence-electron chi connectivity index (χ0n) is 10.0. The molecule has 2 aliphatic heterocycles. The van der Waals surface area contributed by atoms with Crippen molar-refractivity contribution in [1.82, 2.24) is 0 Å². The molecule has 0 amide bonds. The number of ketones is 1. The summed E-state index contributed by atoms with van der Waals surface area (Å²) >= 11 is 6.14. The van der Waals surface area contributed by atoms with Crippen LogP contribution in [0.3, 0.4) is 0 Å². The molecule has 2 atom stereocenters. The molecular formula is C14H15ClFNO. The molecular weight excluding hydrogens is 253 g/mol. The molecule has 0 aromatic heterocycles. The molecule has 1 aromatic carbocycles. The minimum Gasteiger partial charge on any atom is -0.363 e. The number of rotatable bonds is 1. The Balaban J connectivity index is 1.97. The van der Waals surface area contributed by atoms with Gasteiger partial charge in [0, 0.05) is 24.9 Å². The Morgan fingerprint density at radius 3 is 2.50 bits per heavy atom. The molecule has 2 nitrogen and oxygen atoms in total. The summed E-state index contributed by atoms with van der Waals surface area (Å²) in [6.07, 6.45) is 4.41. The van der Waals surface area contributed by atoms with Crippen molar-refractivity contribution in [2.24, 2.45) is 0 Å². The Hall–Kier alpha value is -1.09. The Kier molecular flexibility index (Phi) is 3.02. The van der Waals surface area contributed by atoms with Gasteiger partial charge in [0.05, 0.1) is 10.7 Å². The fourth-order valence-electron chi connectivity index (χ4n) is 3.26. The van der Waals surface area contributed by atoms with Crippen molar-refractivity contribution in [2.75, 3.05) is 4.90 Å². The van der Waals surface area contributed by atoms with Crippen LogP contribution in [0.5, 0.6) is 0 Å². The number of halogens is 2. The number of Topliss-reactive ketones (excluding diaryl/α,β-unsaturated/α-hetero) is 1. The topological polar surface area (TPSA) is 20.3 Å².